The Hall–Kier alpha value is -2.70. The first-order valence-electron chi connectivity index (χ1n) is 9.13. The number of halogens is 1. The molecule has 1 aromatic heterocycles. The van der Waals surface area contributed by atoms with Crippen molar-refractivity contribution in [3.05, 3.63) is 53.1 Å². The summed E-state index contributed by atoms with van der Waals surface area (Å²) in [5, 5.41) is 9.99. The van der Waals surface area contributed by atoms with E-state index in [0.717, 1.165) is 17.8 Å². The Balaban J connectivity index is 1.85. The highest BCUT2D eigenvalue weighted by Gasteiger charge is 2.24. The van der Waals surface area contributed by atoms with Crippen LogP contribution in [0.15, 0.2) is 30.3 Å². The number of benzene rings is 1. The van der Waals surface area contributed by atoms with Gasteiger partial charge in [0.25, 0.3) is 5.91 Å². The molecular weight excluding hydrogens is 347 g/mol. The molecule has 2 N–H and O–H groups in total. The molecule has 0 spiro atoms. The number of carbonyl (C=O) groups is 2. The average molecular weight is 374 g/mol. The first-order valence-corrected chi connectivity index (χ1v) is 9.13. The third kappa shape index (κ3) is 5.91. The number of carbonyl (C=O) groups excluding carboxylic acids is 2. The highest BCUT2D eigenvalue weighted by Crippen LogP contribution is 2.07. The van der Waals surface area contributed by atoms with Crippen LogP contribution in [0.4, 0.5) is 4.39 Å². The standard InChI is InChI=1S/C20H27FN4O2/c1-13(2)18(23-19(26)16-6-8-17(21)9-7-16)20(27)22-10-5-11-25-15(4)12-14(3)24-25/h6-9,12-13,18H,5,10-11H2,1-4H3,(H,22,27)(H,23,26)/t18-/m1/s1. The maximum absolute atomic E-state index is 13.0. The van der Waals surface area contributed by atoms with Crippen molar-refractivity contribution < 1.29 is 14.0 Å². The van der Waals surface area contributed by atoms with Gasteiger partial charge in [-0.25, -0.2) is 4.39 Å². The number of rotatable bonds is 8. The van der Waals surface area contributed by atoms with Crippen molar-refractivity contribution in [2.75, 3.05) is 6.54 Å². The minimum atomic E-state index is -0.656. The predicted molar refractivity (Wildman–Crippen MR) is 102 cm³/mol. The molecule has 2 aromatic rings. The minimum absolute atomic E-state index is 0.0783. The van der Waals surface area contributed by atoms with Crippen molar-refractivity contribution in [3.8, 4) is 0 Å². The molecule has 0 saturated heterocycles. The van der Waals surface area contributed by atoms with Gasteiger partial charge >= 0.3 is 0 Å². The summed E-state index contributed by atoms with van der Waals surface area (Å²) in [5.41, 5.74) is 2.38. The third-order valence-electron chi connectivity index (χ3n) is 4.29. The van der Waals surface area contributed by atoms with Crippen molar-refractivity contribution in [2.24, 2.45) is 5.92 Å². The molecule has 0 bridgehead atoms. The Morgan fingerprint density at radius 3 is 2.41 bits per heavy atom. The van der Waals surface area contributed by atoms with Gasteiger partial charge in [-0.2, -0.15) is 5.10 Å². The fraction of sp³-hybridized carbons (Fsp3) is 0.450. The van der Waals surface area contributed by atoms with E-state index in [0.29, 0.717) is 18.7 Å². The largest absolute Gasteiger partial charge is 0.354 e. The van der Waals surface area contributed by atoms with Crippen LogP contribution in [0.3, 0.4) is 0 Å². The normalized spacial score (nSPS) is 12.1. The number of aromatic nitrogens is 2. The zero-order chi connectivity index (χ0) is 20.0. The molecule has 2 rings (SSSR count). The zero-order valence-corrected chi connectivity index (χ0v) is 16.3. The first kappa shape index (κ1) is 20.6. The number of aryl methyl sites for hydroxylation is 3. The lowest BCUT2D eigenvalue weighted by Gasteiger charge is -2.22. The first-order chi connectivity index (χ1) is 12.8. The lowest BCUT2D eigenvalue weighted by molar-refractivity contribution is -0.123. The molecule has 0 aliphatic carbocycles. The van der Waals surface area contributed by atoms with E-state index in [1.54, 1.807) is 0 Å². The molecule has 7 heteroatoms. The van der Waals surface area contributed by atoms with Gasteiger partial charge in [-0.1, -0.05) is 13.8 Å². The highest BCUT2D eigenvalue weighted by atomic mass is 19.1. The van der Waals surface area contributed by atoms with E-state index in [1.165, 1.54) is 24.3 Å². The van der Waals surface area contributed by atoms with Crippen LogP contribution < -0.4 is 10.6 Å². The average Bonchev–Trinajstić information content (AvgIpc) is 2.93. The summed E-state index contributed by atoms with van der Waals surface area (Å²) in [6, 6.07) is 6.59. The number of nitrogens with zero attached hydrogens (tertiary/aromatic N) is 2. The van der Waals surface area contributed by atoms with Crippen LogP contribution in [0.2, 0.25) is 0 Å². The Bertz CT molecular complexity index is 784. The summed E-state index contributed by atoms with van der Waals surface area (Å²) in [4.78, 5) is 24.8. The van der Waals surface area contributed by atoms with Crippen molar-refractivity contribution in [2.45, 2.75) is 46.7 Å². The molecule has 0 radical (unpaired) electrons. The monoisotopic (exact) mass is 374 g/mol. The van der Waals surface area contributed by atoms with Crippen LogP contribution >= 0.6 is 0 Å². The SMILES string of the molecule is Cc1cc(C)n(CCCNC(=O)[C@H](NC(=O)c2ccc(F)cc2)C(C)C)n1. The Morgan fingerprint density at radius 1 is 1.19 bits per heavy atom. The predicted octanol–water partition coefficient (Wildman–Crippen LogP) is 2.60. The van der Waals surface area contributed by atoms with Gasteiger partial charge in [0.15, 0.2) is 0 Å². The molecule has 0 unspecified atom stereocenters. The summed E-state index contributed by atoms with van der Waals surface area (Å²) >= 11 is 0. The second-order valence-corrected chi connectivity index (χ2v) is 7.00. The molecule has 146 valence electrons. The molecular formula is C20H27FN4O2. The Labute approximate surface area is 159 Å². The molecule has 1 aromatic carbocycles. The van der Waals surface area contributed by atoms with E-state index in [2.05, 4.69) is 15.7 Å². The van der Waals surface area contributed by atoms with Gasteiger partial charge in [0.1, 0.15) is 11.9 Å². The van der Waals surface area contributed by atoms with E-state index in [-0.39, 0.29) is 11.8 Å². The molecule has 6 nitrogen and oxygen atoms in total. The molecule has 0 fully saturated rings. The van der Waals surface area contributed by atoms with Crippen LogP contribution in [0, 0.1) is 25.6 Å². The van der Waals surface area contributed by atoms with Crippen LogP contribution in [0.1, 0.15) is 42.0 Å². The molecule has 2 amide bonds. The smallest absolute Gasteiger partial charge is 0.251 e. The van der Waals surface area contributed by atoms with Crippen LogP contribution in [0.5, 0.6) is 0 Å². The summed E-state index contributed by atoms with van der Waals surface area (Å²) in [5.74, 6) is -1.11. The van der Waals surface area contributed by atoms with Crippen molar-refractivity contribution >= 4 is 11.8 Å². The maximum Gasteiger partial charge on any atom is 0.251 e. The highest BCUT2D eigenvalue weighted by molar-refractivity contribution is 5.97. The lowest BCUT2D eigenvalue weighted by atomic mass is 10.0. The quantitative estimate of drug-likeness (QED) is 0.698. The number of nitrogens with one attached hydrogen (secondary N) is 2. The maximum atomic E-state index is 13.0. The van der Waals surface area contributed by atoms with Crippen LogP contribution in [-0.4, -0.2) is 34.2 Å². The number of hydrogen-bond acceptors (Lipinski definition) is 3. The Kier molecular flexibility index (Phi) is 7.10. The van der Waals surface area contributed by atoms with Gasteiger partial charge in [0.05, 0.1) is 5.69 Å². The van der Waals surface area contributed by atoms with Crippen LogP contribution in [-0.2, 0) is 11.3 Å². The summed E-state index contributed by atoms with van der Waals surface area (Å²) in [6.07, 6.45) is 0.740. The Morgan fingerprint density at radius 2 is 1.85 bits per heavy atom. The summed E-state index contributed by atoms with van der Waals surface area (Å²) in [6.45, 7) is 8.89. The molecule has 0 saturated carbocycles. The van der Waals surface area contributed by atoms with E-state index < -0.39 is 17.8 Å². The fourth-order valence-electron chi connectivity index (χ4n) is 2.81. The topological polar surface area (TPSA) is 76.0 Å². The van der Waals surface area contributed by atoms with Gasteiger partial charge in [0, 0.05) is 24.3 Å². The van der Waals surface area contributed by atoms with Gasteiger partial charge in [-0.15, -0.1) is 0 Å². The van der Waals surface area contributed by atoms with Crippen molar-refractivity contribution in [1.29, 1.82) is 0 Å². The van der Waals surface area contributed by atoms with Gasteiger partial charge < -0.3 is 10.6 Å². The number of amides is 2. The van der Waals surface area contributed by atoms with Crippen molar-refractivity contribution in [3.63, 3.8) is 0 Å². The van der Waals surface area contributed by atoms with Gasteiger partial charge in [-0.05, 0) is 56.5 Å². The van der Waals surface area contributed by atoms with Gasteiger partial charge in [0.2, 0.25) is 5.91 Å². The summed E-state index contributed by atoms with van der Waals surface area (Å²) < 4.78 is 14.9. The van der Waals surface area contributed by atoms with E-state index in [4.69, 9.17) is 0 Å². The second kappa shape index (κ2) is 9.30. The van der Waals surface area contributed by atoms with Crippen molar-refractivity contribution in [1.82, 2.24) is 20.4 Å². The fourth-order valence-corrected chi connectivity index (χ4v) is 2.81. The lowest BCUT2D eigenvalue weighted by Crippen LogP contribution is -2.50. The molecule has 1 atom stereocenters. The zero-order valence-electron chi connectivity index (χ0n) is 16.3. The third-order valence-corrected chi connectivity index (χ3v) is 4.29. The van der Waals surface area contributed by atoms with Gasteiger partial charge in [-0.3, -0.25) is 14.3 Å². The molecule has 1 heterocycles. The molecule has 0 aliphatic heterocycles. The van der Waals surface area contributed by atoms with E-state index in [1.807, 2.05) is 38.4 Å². The van der Waals surface area contributed by atoms with E-state index in [9.17, 15) is 14.0 Å². The van der Waals surface area contributed by atoms with E-state index >= 15 is 0 Å². The number of hydrogen-bond donors (Lipinski definition) is 2. The molecule has 0 aliphatic rings. The second-order valence-electron chi connectivity index (χ2n) is 7.00. The minimum Gasteiger partial charge on any atom is -0.354 e. The molecule has 27 heavy (non-hydrogen) atoms. The van der Waals surface area contributed by atoms with Crippen LogP contribution in [0.25, 0.3) is 0 Å². The summed E-state index contributed by atoms with van der Waals surface area (Å²) in [7, 11) is 0.